The Balaban J connectivity index is 1.90. The molecule has 1 fully saturated rings. The minimum Gasteiger partial charge on any atom is -0.370 e. The highest BCUT2D eigenvalue weighted by atomic mass is 16.1. The molecule has 2 rings (SSSR count). The van der Waals surface area contributed by atoms with E-state index in [4.69, 9.17) is 0 Å². The molecule has 0 spiro atoms. The second-order valence-corrected chi connectivity index (χ2v) is 5.50. The molecule has 0 aliphatic carbocycles. The molecule has 110 valence electrons. The summed E-state index contributed by atoms with van der Waals surface area (Å²) in [6.07, 6.45) is 3.63. The minimum atomic E-state index is 0.681. The van der Waals surface area contributed by atoms with Crippen molar-refractivity contribution in [3.05, 3.63) is 12.4 Å². The Bertz CT molecular complexity index is 429. The third-order valence-electron chi connectivity index (χ3n) is 3.47. The molecule has 0 atom stereocenters. The van der Waals surface area contributed by atoms with Crippen LogP contribution in [-0.2, 0) is 4.79 Å². The van der Waals surface area contributed by atoms with Gasteiger partial charge in [-0.2, -0.15) is 0 Å². The lowest BCUT2D eigenvalue weighted by molar-refractivity contribution is -0.118. The van der Waals surface area contributed by atoms with Crippen molar-refractivity contribution in [2.75, 3.05) is 42.9 Å². The van der Waals surface area contributed by atoms with Crippen LogP contribution in [0.3, 0.4) is 0 Å². The topological polar surface area (TPSA) is 61.4 Å². The van der Waals surface area contributed by atoms with Gasteiger partial charge in [0.25, 0.3) is 0 Å². The first kappa shape index (κ1) is 14.6. The van der Waals surface area contributed by atoms with Crippen molar-refractivity contribution >= 4 is 18.0 Å². The fraction of sp³-hybridized carbons (Fsp3) is 0.643. The number of carbonyl (C=O) groups is 1. The van der Waals surface area contributed by atoms with Gasteiger partial charge >= 0.3 is 0 Å². The van der Waals surface area contributed by atoms with E-state index in [9.17, 15) is 4.79 Å². The van der Waals surface area contributed by atoms with E-state index in [2.05, 4.69) is 34.0 Å². The van der Waals surface area contributed by atoms with Crippen LogP contribution in [-0.4, -0.2) is 54.0 Å². The number of piperazine rings is 1. The van der Waals surface area contributed by atoms with Crippen LogP contribution in [0.5, 0.6) is 0 Å². The predicted octanol–water partition coefficient (Wildman–Crippen LogP) is 1.21. The Morgan fingerprint density at radius 3 is 2.70 bits per heavy atom. The molecule has 1 aliphatic heterocycles. The van der Waals surface area contributed by atoms with Crippen LogP contribution in [0.25, 0.3) is 0 Å². The zero-order chi connectivity index (χ0) is 14.4. The Kier molecular flexibility index (Phi) is 5.15. The Labute approximate surface area is 120 Å². The number of amides is 1. The van der Waals surface area contributed by atoms with Gasteiger partial charge in [-0.05, 0) is 12.3 Å². The standard InChI is InChI=1S/C14H23N5O/c1-12(2)3-4-15-13-9-14(17-10-16-13)19-7-5-18(11-20)6-8-19/h9-12H,3-8H2,1-2H3,(H,15,16,17). The summed E-state index contributed by atoms with van der Waals surface area (Å²) in [6.45, 7) is 8.49. The van der Waals surface area contributed by atoms with E-state index in [-0.39, 0.29) is 0 Å². The average molecular weight is 277 g/mol. The van der Waals surface area contributed by atoms with Crippen molar-refractivity contribution in [2.45, 2.75) is 20.3 Å². The number of anilines is 2. The molecule has 0 unspecified atom stereocenters. The molecule has 6 nitrogen and oxygen atoms in total. The number of hydrogen-bond donors (Lipinski definition) is 1. The average Bonchev–Trinajstić information content (AvgIpc) is 2.47. The summed E-state index contributed by atoms with van der Waals surface area (Å²) < 4.78 is 0. The van der Waals surface area contributed by atoms with Gasteiger partial charge in [-0.15, -0.1) is 0 Å². The molecule has 2 heterocycles. The van der Waals surface area contributed by atoms with Gasteiger partial charge in [0.2, 0.25) is 6.41 Å². The number of nitrogens with one attached hydrogen (secondary N) is 1. The van der Waals surface area contributed by atoms with E-state index in [0.717, 1.165) is 57.2 Å². The van der Waals surface area contributed by atoms with Crippen molar-refractivity contribution in [2.24, 2.45) is 5.92 Å². The fourth-order valence-electron chi connectivity index (χ4n) is 2.16. The Morgan fingerprint density at radius 1 is 1.30 bits per heavy atom. The second-order valence-electron chi connectivity index (χ2n) is 5.50. The van der Waals surface area contributed by atoms with E-state index >= 15 is 0 Å². The number of aromatic nitrogens is 2. The molecule has 1 aromatic rings. The van der Waals surface area contributed by atoms with Gasteiger partial charge in [-0.1, -0.05) is 13.8 Å². The van der Waals surface area contributed by atoms with Crippen LogP contribution in [0.15, 0.2) is 12.4 Å². The molecular formula is C14H23N5O. The summed E-state index contributed by atoms with van der Waals surface area (Å²) in [6, 6.07) is 1.98. The van der Waals surface area contributed by atoms with Gasteiger partial charge in [-0.3, -0.25) is 4.79 Å². The lowest BCUT2D eigenvalue weighted by Crippen LogP contribution is -2.46. The summed E-state index contributed by atoms with van der Waals surface area (Å²) in [4.78, 5) is 23.3. The number of hydrogen-bond acceptors (Lipinski definition) is 5. The summed E-state index contributed by atoms with van der Waals surface area (Å²) in [5, 5.41) is 3.33. The zero-order valence-corrected chi connectivity index (χ0v) is 12.2. The van der Waals surface area contributed by atoms with Gasteiger partial charge in [0.1, 0.15) is 18.0 Å². The fourth-order valence-corrected chi connectivity index (χ4v) is 2.16. The van der Waals surface area contributed by atoms with Crippen LogP contribution >= 0.6 is 0 Å². The maximum absolute atomic E-state index is 10.7. The SMILES string of the molecule is CC(C)CCNc1cc(N2CCN(C=O)CC2)ncn1. The van der Waals surface area contributed by atoms with E-state index in [1.54, 1.807) is 11.2 Å². The molecule has 1 aromatic heterocycles. The van der Waals surface area contributed by atoms with Crippen molar-refractivity contribution in [1.82, 2.24) is 14.9 Å². The predicted molar refractivity (Wildman–Crippen MR) is 79.8 cm³/mol. The lowest BCUT2D eigenvalue weighted by atomic mass is 10.1. The zero-order valence-electron chi connectivity index (χ0n) is 12.2. The highest BCUT2D eigenvalue weighted by Gasteiger charge is 2.16. The van der Waals surface area contributed by atoms with Crippen molar-refractivity contribution in [3.8, 4) is 0 Å². The summed E-state index contributed by atoms with van der Waals surface area (Å²) in [5.41, 5.74) is 0. The monoisotopic (exact) mass is 277 g/mol. The van der Waals surface area contributed by atoms with Gasteiger partial charge in [0.15, 0.2) is 0 Å². The van der Waals surface area contributed by atoms with Crippen molar-refractivity contribution in [3.63, 3.8) is 0 Å². The first-order chi connectivity index (χ1) is 9.69. The molecule has 6 heteroatoms. The van der Waals surface area contributed by atoms with Gasteiger partial charge in [0.05, 0.1) is 0 Å². The first-order valence-electron chi connectivity index (χ1n) is 7.19. The van der Waals surface area contributed by atoms with Gasteiger partial charge < -0.3 is 15.1 Å². The quantitative estimate of drug-likeness (QED) is 0.792. The lowest BCUT2D eigenvalue weighted by Gasteiger charge is -2.33. The summed E-state index contributed by atoms with van der Waals surface area (Å²) >= 11 is 0. The highest BCUT2D eigenvalue weighted by Crippen LogP contribution is 2.16. The van der Waals surface area contributed by atoms with Gasteiger partial charge in [0, 0.05) is 38.8 Å². The normalized spacial score (nSPS) is 15.6. The van der Waals surface area contributed by atoms with E-state index in [1.165, 1.54) is 0 Å². The molecule has 0 radical (unpaired) electrons. The van der Waals surface area contributed by atoms with Crippen LogP contribution in [0.1, 0.15) is 20.3 Å². The molecule has 1 N–H and O–H groups in total. The maximum atomic E-state index is 10.7. The second kappa shape index (κ2) is 7.07. The Hall–Kier alpha value is -1.85. The van der Waals surface area contributed by atoms with Crippen molar-refractivity contribution in [1.29, 1.82) is 0 Å². The molecule has 1 amide bonds. The van der Waals surface area contributed by atoms with Gasteiger partial charge in [-0.25, -0.2) is 9.97 Å². The molecule has 0 bridgehead atoms. The highest BCUT2D eigenvalue weighted by molar-refractivity contribution is 5.51. The Morgan fingerprint density at radius 2 is 2.05 bits per heavy atom. The van der Waals surface area contributed by atoms with Crippen LogP contribution in [0, 0.1) is 5.92 Å². The van der Waals surface area contributed by atoms with Crippen LogP contribution < -0.4 is 10.2 Å². The first-order valence-corrected chi connectivity index (χ1v) is 7.19. The minimum absolute atomic E-state index is 0.681. The maximum Gasteiger partial charge on any atom is 0.209 e. The smallest absolute Gasteiger partial charge is 0.209 e. The molecule has 0 aromatic carbocycles. The third-order valence-corrected chi connectivity index (χ3v) is 3.47. The summed E-state index contributed by atoms with van der Waals surface area (Å²) in [7, 11) is 0. The molecule has 1 saturated heterocycles. The van der Waals surface area contributed by atoms with E-state index in [1.807, 2.05) is 6.07 Å². The largest absolute Gasteiger partial charge is 0.370 e. The molecule has 1 aliphatic rings. The molecule has 0 saturated carbocycles. The van der Waals surface area contributed by atoms with Crippen LogP contribution in [0.4, 0.5) is 11.6 Å². The van der Waals surface area contributed by atoms with Crippen molar-refractivity contribution < 1.29 is 4.79 Å². The number of nitrogens with zero attached hydrogens (tertiary/aromatic N) is 4. The number of rotatable bonds is 6. The third kappa shape index (κ3) is 4.08. The van der Waals surface area contributed by atoms with E-state index in [0.29, 0.717) is 5.92 Å². The summed E-state index contributed by atoms with van der Waals surface area (Å²) in [5.74, 6) is 2.48. The number of carbonyl (C=O) groups excluding carboxylic acids is 1. The van der Waals surface area contributed by atoms with E-state index < -0.39 is 0 Å². The molecular weight excluding hydrogens is 254 g/mol. The molecule has 20 heavy (non-hydrogen) atoms. The van der Waals surface area contributed by atoms with Crippen LogP contribution in [0.2, 0.25) is 0 Å².